The van der Waals surface area contributed by atoms with Gasteiger partial charge >= 0.3 is 0 Å². The number of nitrogens with zero attached hydrogens (tertiary/aromatic N) is 2. The highest BCUT2D eigenvalue weighted by Crippen LogP contribution is 2.34. The number of amides is 1. The first kappa shape index (κ1) is 20.5. The van der Waals surface area contributed by atoms with Gasteiger partial charge in [0.25, 0.3) is 5.56 Å². The van der Waals surface area contributed by atoms with Crippen molar-refractivity contribution in [1.82, 2.24) is 20.2 Å². The Kier molecular flexibility index (Phi) is 6.06. The number of carbonyl (C=O) groups is 1. The highest BCUT2D eigenvalue weighted by atomic mass is 32.1. The maximum absolute atomic E-state index is 12.6. The van der Waals surface area contributed by atoms with Gasteiger partial charge in [-0.1, -0.05) is 19.3 Å². The quantitative estimate of drug-likeness (QED) is 0.758. The van der Waals surface area contributed by atoms with Gasteiger partial charge in [0.1, 0.15) is 10.7 Å². The Bertz CT molecular complexity index is 940. The lowest BCUT2D eigenvalue weighted by atomic mass is 9.80. The first-order chi connectivity index (χ1) is 14.0. The van der Waals surface area contributed by atoms with Crippen LogP contribution in [0.1, 0.15) is 67.6 Å². The number of hydrogen-bond donors (Lipinski definition) is 2. The van der Waals surface area contributed by atoms with Crippen LogP contribution in [0.3, 0.4) is 0 Å². The summed E-state index contributed by atoms with van der Waals surface area (Å²) in [6, 6.07) is 0. The van der Waals surface area contributed by atoms with E-state index in [1.807, 2.05) is 0 Å². The SMILES string of the molecule is CN(C)C1(CNC(=O)CCc2nc3sc4c(c3c(=O)[nH]2)CCCC4)CCCCC1. The number of carbonyl (C=O) groups excluding carboxylic acids is 1. The van der Waals surface area contributed by atoms with E-state index in [-0.39, 0.29) is 17.0 Å². The Labute approximate surface area is 176 Å². The van der Waals surface area contributed by atoms with Crippen molar-refractivity contribution < 1.29 is 4.79 Å². The predicted octanol–water partition coefficient (Wildman–Crippen LogP) is 3.18. The number of rotatable bonds is 6. The zero-order valence-corrected chi connectivity index (χ0v) is 18.4. The second-order valence-corrected chi connectivity index (χ2v) is 9.94. The topological polar surface area (TPSA) is 78.1 Å². The van der Waals surface area contributed by atoms with E-state index in [1.165, 1.54) is 36.1 Å². The van der Waals surface area contributed by atoms with E-state index in [0.29, 0.717) is 25.2 Å². The average Bonchev–Trinajstić information content (AvgIpc) is 3.10. The fraction of sp³-hybridized carbons (Fsp3) is 0.682. The lowest BCUT2D eigenvalue weighted by Crippen LogP contribution is -2.53. The zero-order chi connectivity index (χ0) is 20.4. The molecule has 158 valence electrons. The van der Waals surface area contributed by atoms with Crippen LogP contribution in [-0.4, -0.2) is 47.0 Å². The summed E-state index contributed by atoms with van der Waals surface area (Å²) in [5, 5.41) is 3.92. The molecule has 0 saturated heterocycles. The molecule has 0 atom stereocenters. The van der Waals surface area contributed by atoms with Gasteiger partial charge in [-0.05, 0) is 58.2 Å². The first-order valence-electron chi connectivity index (χ1n) is 11.0. The van der Waals surface area contributed by atoms with Crippen molar-refractivity contribution in [2.24, 2.45) is 0 Å². The first-order valence-corrected chi connectivity index (χ1v) is 11.8. The Balaban J connectivity index is 1.39. The molecule has 7 heteroatoms. The van der Waals surface area contributed by atoms with Crippen molar-refractivity contribution in [2.45, 2.75) is 76.2 Å². The Morgan fingerprint density at radius 1 is 1.17 bits per heavy atom. The molecular weight excluding hydrogens is 384 g/mol. The number of nitrogens with one attached hydrogen (secondary N) is 2. The summed E-state index contributed by atoms with van der Waals surface area (Å²) < 4.78 is 0. The number of hydrogen-bond acceptors (Lipinski definition) is 5. The Morgan fingerprint density at radius 3 is 2.69 bits per heavy atom. The molecule has 1 amide bonds. The van der Waals surface area contributed by atoms with E-state index in [2.05, 4.69) is 34.3 Å². The average molecular weight is 417 g/mol. The van der Waals surface area contributed by atoms with E-state index in [9.17, 15) is 9.59 Å². The minimum Gasteiger partial charge on any atom is -0.354 e. The molecule has 0 aromatic carbocycles. The summed E-state index contributed by atoms with van der Waals surface area (Å²) in [5.74, 6) is 0.654. The summed E-state index contributed by atoms with van der Waals surface area (Å²) in [6.07, 6.45) is 11.2. The molecule has 2 aromatic heterocycles. The number of fused-ring (bicyclic) bond motifs is 3. The third-order valence-corrected chi connectivity index (χ3v) is 8.00. The smallest absolute Gasteiger partial charge is 0.259 e. The largest absolute Gasteiger partial charge is 0.354 e. The molecule has 2 aromatic rings. The van der Waals surface area contributed by atoms with Crippen LogP contribution in [0.5, 0.6) is 0 Å². The summed E-state index contributed by atoms with van der Waals surface area (Å²) >= 11 is 1.66. The predicted molar refractivity (Wildman–Crippen MR) is 118 cm³/mol. The maximum atomic E-state index is 12.6. The minimum absolute atomic E-state index is 0.0324. The van der Waals surface area contributed by atoms with E-state index in [4.69, 9.17) is 0 Å². The van der Waals surface area contributed by atoms with Gasteiger partial charge < -0.3 is 15.2 Å². The van der Waals surface area contributed by atoms with Crippen LogP contribution in [0, 0.1) is 0 Å². The van der Waals surface area contributed by atoms with Crippen LogP contribution in [0.4, 0.5) is 0 Å². The fourth-order valence-corrected chi connectivity index (χ4v) is 6.18. The summed E-state index contributed by atoms with van der Waals surface area (Å²) in [4.78, 5) is 37.2. The van der Waals surface area contributed by atoms with Crippen LogP contribution in [0.25, 0.3) is 10.2 Å². The molecule has 0 bridgehead atoms. The lowest BCUT2D eigenvalue weighted by Gasteiger charge is -2.43. The lowest BCUT2D eigenvalue weighted by molar-refractivity contribution is -0.121. The molecule has 6 nitrogen and oxygen atoms in total. The van der Waals surface area contributed by atoms with E-state index in [1.54, 1.807) is 11.3 Å². The van der Waals surface area contributed by atoms with Crippen molar-refractivity contribution in [1.29, 1.82) is 0 Å². The van der Waals surface area contributed by atoms with E-state index in [0.717, 1.165) is 42.3 Å². The fourth-order valence-electron chi connectivity index (χ4n) is 4.90. The van der Waals surface area contributed by atoms with Crippen molar-refractivity contribution in [2.75, 3.05) is 20.6 Å². The second-order valence-electron chi connectivity index (χ2n) is 8.86. The van der Waals surface area contributed by atoms with Gasteiger partial charge in [0.05, 0.1) is 5.39 Å². The molecule has 1 saturated carbocycles. The van der Waals surface area contributed by atoms with Crippen LogP contribution >= 0.6 is 11.3 Å². The third-order valence-electron chi connectivity index (χ3n) is 6.81. The van der Waals surface area contributed by atoms with Crippen molar-refractivity contribution in [3.8, 4) is 0 Å². The monoisotopic (exact) mass is 416 g/mol. The Morgan fingerprint density at radius 2 is 1.93 bits per heavy atom. The number of aryl methyl sites for hydroxylation is 3. The van der Waals surface area contributed by atoms with Crippen LogP contribution < -0.4 is 10.9 Å². The van der Waals surface area contributed by atoms with Crippen molar-refractivity contribution in [3.63, 3.8) is 0 Å². The highest BCUT2D eigenvalue weighted by molar-refractivity contribution is 7.18. The summed E-state index contributed by atoms with van der Waals surface area (Å²) in [5.41, 5.74) is 1.24. The van der Waals surface area contributed by atoms with Crippen LogP contribution in [0.15, 0.2) is 4.79 Å². The molecule has 4 rings (SSSR count). The number of aromatic amines is 1. The molecular formula is C22H32N4O2S. The number of aromatic nitrogens is 2. The van der Waals surface area contributed by atoms with Crippen molar-refractivity contribution in [3.05, 3.63) is 26.6 Å². The molecule has 2 aliphatic rings. The normalized spacial score (nSPS) is 18.7. The van der Waals surface area contributed by atoms with Gasteiger partial charge in [-0.2, -0.15) is 0 Å². The molecule has 2 heterocycles. The highest BCUT2D eigenvalue weighted by Gasteiger charge is 2.34. The maximum Gasteiger partial charge on any atom is 0.259 e. The number of thiophene rings is 1. The van der Waals surface area contributed by atoms with Crippen molar-refractivity contribution >= 4 is 27.5 Å². The van der Waals surface area contributed by atoms with Crippen LogP contribution in [0.2, 0.25) is 0 Å². The molecule has 0 radical (unpaired) electrons. The minimum atomic E-state index is -0.0430. The Hall–Kier alpha value is -1.73. The zero-order valence-electron chi connectivity index (χ0n) is 17.6. The van der Waals surface area contributed by atoms with E-state index < -0.39 is 0 Å². The second kappa shape index (κ2) is 8.56. The van der Waals surface area contributed by atoms with E-state index >= 15 is 0 Å². The van der Waals surface area contributed by atoms with Gasteiger partial charge in [-0.15, -0.1) is 11.3 Å². The summed E-state index contributed by atoms with van der Waals surface area (Å²) in [6.45, 7) is 0.694. The van der Waals surface area contributed by atoms with Gasteiger partial charge in [-0.3, -0.25) is 9.59 Å². The number of likely N-dealkylation sites (N-methyl/N-ethyl adjacent to an activating group) is 1. The third kappa shape index (κ3) is 4.26. The molecule has 0 aliphatic heterocycles. The molecule has 2 aliphatic carbocycles. The van der Waals surface area contributed by atoms with Gasteiger partial charge in [0.15, 0.2) is 0 Å². The molecule has 1 fully saturated rings. The molecule has 0 unspecified atom stereocenters. The number of H-pyrrole nitrogens is 1. The van der Waals surface area contributed by atoms with Gasteiger partial charge in [-0.25, -0.2) is 4.98 Å². The molecule has 2 N–H and O–H groups in total. The molecule has 0 spiro atoms. The van der Waals surface area contributed by atoms with Gasteiger partial charge in [0, 0.05) is 29.8 Å². The summed E-state index contributed by atoms with van der Waals surface area (Å²) in [7, 11) is 4.23. The van der Waals surface area contributed by atoms with Gasteiger partial charge in [0.2, 0.25) is 5.91 Å². The standard InChI is InChI=1S/C22H32N4O2S/c1-26(2)22(12-6-3-7-13-22)14-23-18(27)11-10-17-24-20(28)19-15-8-4-5-9-16(15)29-21(19)25-17/h3-14H2,1-2H3,(H,23,27)(H,24,25,28). The molecule has 29 heavy (non-hydrogen) atoms. The van der Waals surface area contributed by atoms with Crippen LogP contribution in [-0.2, 0) is 24.1 Å².